The molecule has 0 N–H and O–H groups in total. The predicted molar refractivity (Wildman–Crippen MR) is 65.8 cm³/mol. The summed E-state index contributed by atoms with van der Waals surface area (Å²) in [6.07, 6.45) is 5.77. The summed E-state index contributed by atoms with van der Waals surface area (Å²) in [6, 6.07) is 4.98. The summed E-state index contributed by atoms with van der Waals surface area (Å²) < 4.78 is 0. The second-order valence-corrected chi connectivity index (χ2v) is 4.96. The van der Waals surface area contributed by atoms with Crippen LogP contribution in [-0.2, 0) is 6.42 Å². The molecule has 1 saturated heterocycles. The molecule has 0 aromatic carbocycles. The van der Waals surface area contributed by atoms with Gasteiger partial charge in [0.2, 0.25) is 0 Å². The first kappa shape index (κ1) is 10.1. The zero-order valence-corrected chi connectivity index (χ0v) is 9.89. The minimum absolute atomic E-state index is 0.730. The van der Waals surface area contributed by atoms with Crippen molar-refractivity contribution in [3.8, 4) is 0 Å². The predicted octanol–water partition coefficient (Wildman–Crippen LogP) is 1.54. The third kappa shape index (κ3) is 1.69. The summed E-state index contributed by atoms with van der Waals surface area (Å²) in [5.41, 5.74) is 1.42. The van der Waals surface area contributed by atoms with Gasteiger partial charge in [0.1, 0.15) is 5.82 Å². The number of pyridine rings is 1. The van der Waals surface area contributed by atoms with E-state index in [1.807, 2.05) is 12.3 Å². The molecule has 16 heavy (non-hydrogen) atoms. The van der Waals surface area contributed by atoms with Crippen LogP contribution in [0.4, 0.5) is 5.82 Å². The van der Waals surface area contributed by atoms with Gasteiger partial charge in [-0.05, 0) is 44.5 Å². The molecule has 1 aromatic heterocycles. The molecule has 3 nitrogen and oxygen atoms in total. The number of likely N-dealkylation sites (N-methyl/N-ethyl adjacent to an activating group) is 1. The van der Waals surface area contributed by atoms with Gasteiger partial charge >= 0.3 is 0 Å². The number of anilines is 1. The largest absolute Gasteiger partial charge is 0.354 e. The fourth-order valence-corrected chi connectivity index (χ4v) is 2.91. The summed E-state index contributed by atoms with van der Waals surface area (Å²) in [6.45, 7) is 3.56. The normalized spacial score (nSPS) is 25.1. The standard InChI is InChI=1S/C13H19N3/c1-15-8-3-5-12(15)10-16-9-6-11-4-2-7-14-13(11)16/h2,4,7,12H,3,5-6,8-10H2,1H3. The fraction of sp³-hybridized carbons (Fsp3) is 0.615. The molecule has 2 aliphatic rings. The lowest BCUT2D eigenvalue weighted by Gasteiger charge is -2.26. The second-order valence-electron chi connectivity index (χ2n) is 4.96. The van der Waals surface area contributed by atoms with Crippen LogP contribution < -0.4 is 4.90 Å². The van der Waals surface area contributed by atoms with Crippen molar-refractivity contribution in [3.05, 3.63) is 23.9 Å². The molecule has 2 aliphatic heterocycles. The first-order chi connectivity index (χ1) is 7.84. The molecule has 0 amide bonds. The third-order valence-corrected chi connectivity index (χ3v) is 3.92. The topological polar surface area (TPSA) is 19.4 Å². The molecular formula is C13H19N3. The van der Waals surface area contributed by atoms with E-state index < -0.39 is 0 Å². The molecular weight excluding hydrogens is 198 g/mol. The van der Waals surface area contributed by atoms with Crippen LogP contribution in [0.25, 0.3) is 0 Å². The second kappa shape index (κ2) is 4.06. The lowest BCUT2D eigenvalue weighted by molar-refractivity contribution is 0.312. The third-order valence-electron chi connectivity index (χ3n) is 3.92. The van der Waals surface area contributed by atoms with Crippen molar-refractivity contribution in [2.45, 2.75) is 25.3 Å². The summed E-state index contributed by atoms with van der Waals surface area (Å²) >= 11 is 0. The smallest absolute Gasteiger partial charge is 0.131 e. The Morgan fingerprint density at radius 2 is 2.38 bits per heavy atom. The van der Waals surface area contributed by atoms with E-state index >= 15 is 0 Å². The van der Waals surface area contributed by atoms with Gasteiger partial charge in [0.25, 0.3) is 0 Å². The summed E-state index contributed by atoms with van der Waals surface area (Å²) in [5, 5.41) is 0. The number of likely N-dealkylation sites (tertiary alicyclic amines) is 1. The highest BCUT2D eigenvalue weighted by molar-refractivity contribution is 5.51. The van der Waals surface area contributed by atoms with Crippen molar-refractivity contribution >= 4 is 5.82 Å². The molecule has 0 bridgehead atoms. The van der Waals surface area contributed by atoms with Crippen molar-refractivity contribution in [3.63, 3.8) is 0 Å². The van der Waals surface area contributed by atoms with Crippen molar-refractivity contribution < 1.29 is 0 Å². The Kier molecular flexibility index (Phi) is 2.56. The lowest BCUT2D eigenvalue weighted by atomic mass is 10.2. The molecule has 86 valence electrons. The van der Waals surface area contributed by atoms with Crippen LogP contribution in [0.5, 0.6) is 0 Å². The zero-order chi connectivity index (χ0) is 11.0. The van der Waals surface area contributed by atoms with Crippen molar-refractivity contribution in [2.24, 2.45) is 0 Å². The fourth-order valence-electron chi connectivity index (χ4n) is 2.91. The van der Waals surface area contributed by atoms with Crippen LogP contribution in [-0.4, -0.2) is 42.6 Å². The van der Waals surface area contributed by atoms with Gasteiger partial charge in [-0.3, -0.25) is 0 Å². The number of aromatic nitrogens is 1. The van der Waals surface area contributed by atoms with Gasteiger partial charge in [0, 0.05) is 25.3 Å². The number of fused-ring (bicyclic) bond motifs is 1. The number of nitrogens with zero attached hydrogens (tertiary/aromatic N) is 3. The van der Waals surface area contributed by atoms with E-state index in [1.165, 1.54) is 37.2 Å². The highest BCUT2D eigenvalue weighted by atomic mass is 15.3. The minimum Gasteiger partial charge on any atom is -0.354 e. The van der Waals surface area contributed by atoms with Crippen LogP contribution in [0.3, 0.4) is 0 Å². The Balaban J connectivity index is 1.73. The molecule has 1 unspecified atom stereocenters. The van der Waals surface area contributed by atoms with Crippen LogP contribution in [0.2, 0.25) is 0 Å². The van der Waals surface area contributed by atoms with E-state index in [0.29, 0.717) is 0 Å². The van der Waals surface area contributed by atoms with Crippen molar-refractivity contribution in [2.75, 3.05) is 31.6 Å². The molecule has 0 radical (unpaired) electrons. The Morgan fingerprint density at radius 1 is 1.44 bits per heavy atom. The molecule has 3 heterocycles. The average molecular weight is 217 g/mol. The van der Waals surface area contributed by atoms with Gasteiger partial charge in [-0.2, -0.15) is 0 Å². The Labute approximate surface area is 97.1 Å². The van der Waals surface area contributed by atoms with E-state index in [-0.39, 0.29) is 0 Å². The highest BCUT2D eigenvalue weighted by Crippen LogP contribution is 2.26. The summed E-state index contributed by atoms with van der Waals surface area (Å²) in [4.78, 5) is 9.46. The van der Waals surface area contributed by atoms with Crippen molar-refractivity contribution in [1.82, 2.24) is 9.88 Å². The van der Waals surface area contributed by atoms with E-state index in [2.05, 4.69) is 27.9 Å². The van der Waals surface area contributed by atoms with Gasteiger partial charge in [-0.25, -0.2) is 4.98 Å². The molecule has 0 spiro atoms. The molecule has 0 aliphatic carbocycles. The quantitative estimate of drug-likeness (QED) is 0.749. The maximum absolute atomic E-state index is 4.52. The maximum Gasteiger partial charge on any atom is 0.131 e. The maximum atomic E-state index is 4.52. The van der Waals surface area contributed by atoms with E-state index in [1.54, 1.807) is 0 Å². The average Bonchev–Trinajstić information content (AvgIpc) is 2.88. The molecule has 1 fully saturated rings. The highest BCUT2D eigenvalue weighted by Gasteiger charge is 2.27. The SMILES string of the molecule is CN1CCCC1CN1CCc2cccnc21. The first-order valence-electron chi connectivity index (χ1n) is 6.23. The van der Waals surface area contributed by atoms with Crippen LogP contribution in [0, 0.1) is 0 Å². The van der Waals surface area contributed by atoms with Crippen LogP contribution in [0.15, 0.2) is 18.3 Å². The van der Waals surface area contributed by atoms with Gasteiger partial charge in [0.05, 0.1) is 0 Å². The zero-order valence-electron chi connectivity index (χ0n) is 9.89. The van der Waals surface area contributed by atoms with E-state index in [0.717, 1.165) is 19.1 Å². The minimum atomic E-state index is 0.730. The monoisotopic (exact) mass is 217 g/mol. The number of hydrogen-bond acceptors (Lipinski definition) is 3. The number of rotatable bonds is 2. The lowest BCUT2D eigenvalue weighted by Crippen LogP contribution is -2.38. The first-order valence-corrected chi connectivity index (χ1v) is 6.23. The van der Waals surface area contributed by atoms with Crippen LogP contribution >= 0.6 is 0 Å². The molecule has 1 atom stereocenters. The van der Waals surface area contributed by atoms with E-state index in [9.17, 15) is 0 Å². The van der Waals surface area contributed by atoms with Gasteiger partial charge in [-0.1, -0.05) is 6.07 Å². The van der Waals surface area contributed by atoms with Crippen LogP contribution in [0.1, 0.15) is 18.4 Å². The molecule has 0 saturated carbocycles. The molecule has 3 rings (SSSR count). The van der Waals surface area contributed by atoms with E-state index in [4.69, 9.17) is 0 Å². The Hall–Kier alpha value is -1.09. The summed E-state index contributed by atoms with van der Waals surface area (Å²) in [7, 11) is 2.24. The van der Waals surface area contributed by atoms with Gasteiger partial charge in [-0.15, -0.1) is 0 Å². The van der Waals surface area contributed by atoms with Gasteiger partial charge in [0.15, 0.2) is 0 Å². The summed E-state index contributed by atoms with van der Waals surface area (Å²) in [5.74, 6) is 1.22. The van der Waals surface area contributed by atoms with Crippen molar-refractivity contribution in [1.29, 1.82) is 0 Å². The Bertz CT molecular complexity index is 377. The number of hydrogen-bond donors (Lipinski definition) is 0. The Morgan fingerprint density at radius 3 is 3.19 bits per heavy atom. The van der Waals surface area contributed by atoms with Gasteiger partial charge < -0.3 is 9.80 Å². The molecule has 1 aromatic rings. The molecule has 3 heteroatoms.